The highest BCUT2D eigenvalue weighted by Gasteiger charge is 2.38. The minimum absolute atomic E-state index is 0.00794. The molecular formula is C29H31NO4. The first-order valence-electron chi connectivity index (χ1n) is 11.8. The molecule has 0 radical (unpaired) electrons. The van der Waals surface area contributed by atoms with E-state index in [2.05, 4.69) is 53.5 Å². The van der Waals surface area contributed by atoms with Crippen molar-refractivity contribution < 1.29 is 19.4 Å². The largest absolute Gasteiger partial charge is 0.481 e. The summed E-state index contributed by atoms with van der Waals surface area (Å²) in [5.74, 6) is -0.562. The van der Waals surface area contributed by atoms with Gasteiger partial charge in [0.05, 0.1) is 25.4 Å². The number of rotatable bonds is 11. The Bertz CT molecular complexity index is 1050. The lowest BCUT2D eigenvalue weighted by Crippen LogP contribution is -2.23. The number of aromatic nitrogens is 1. The van der Waals surface area contributed by atoms with Crippen molar-refractivity contribution in [1.82, 2.24) is 4.98 Å². The van der Waals surface area contributed by atoms with Gasteiger partial charge in [0.2, 0.25) is 0 Å². The van der Waals surface area contributed by atoms with Crippen molar-refractivity contribution in [2.24, 2.45) is 5.92 Å². The third-order valence-electron chi connectivity index (χ3n) is 6.20. The molecule has 1 aliphatic rings. The molecule has 0 saturated carbocycles. The molecule has 1 saturated heterocycles. The van der Waals surface area contributed by atoms with E-state index in [0.29, 0.717) is 19.6 Å². The van der Waals surface area contributed by atoms with Gasteiger partial charge in [-0.1, -0.05) is 72.8 Å². The number of nitrogens with zero attached hydrogens (tertiary/aromatic N) is 1. The summed E-state index contributed by atoms with van der Waals surface area (Å²) in [6, 6.07) is 22.8. The van der Waals surface area contributed by atoms with E-state index in [1.165, 1.54) is 11.1 Å². The zero-order valence-electron chi connectivity index (χ0n) is 19.3. The van der Waals surface area contributed by atoms with Crippen LogP contribution in [0.2, 0.25) is 0 Å². The van der Waals surface area contributed by atoms with Gasteiger partial charge in [-0.3, -0.25) is 9.78 Å². The molecule has 4 rings (SSSR count). The Morgan fingerprint density at radius 1 is 1.00 bits per heavy atom. The van der Waals surface area contributed by atoms with E-state index in [9.17, 15) is 4.79 Å². The molecule has 0 aliphatic carbocycles. The van der Waals surface area contributed by atoms with Crippen LogP contribution in [0.1, 0.15) is 42.9 Å². The predicted octanol–water partition coefficient (Wildman–Crippen LogP) is 6.22. The Morgan fingerprint density at radius 2 is 1.76 bits per heavy atom. The van der Waals surface area contributed by atoms with Crippen LogP contribution in [0.15, 0.2) is 91.3 Å². The third kappa shape index (κ3) is 6.62. The monoisotopic (exact) mass is 457 g/mol. The van der Waals surface area contributed by atoms with Crippen LogP contribution in [-0.2, 0) is 20.9 Å². The van der Waals surface area contributed by atoms with Gasteiger partial charge in [-0.2, -0.15) is 0 Å². The topological polar surface area (TPSA) is 68.7 Å². The smallest absolute Gasteiger partial charge is 0.303 e. The Kier molecular flexibility index (Phi) is 8.60. The van der Waals surface area contributed by atoms with Crippen molar-refractivity contribution in [3.05, 3.63) is 102 Å². The lowest BCUT2D eigenvalue weighted by atomic mass is 9.90. The predicted molar refractivity (Wildman–Crippen MR) is 132 cm³/mol. The molecular weight excluding hydrogens is 426 g/mol. The molecule has 5 heteroatoms. The molecule has 3 aromatic rings. The Balaban J connectivity index is 1.37. The van der Waals surface area contributed by atoms with Gasteiger partial charge >= 0.3 is 5.97 Å². The maximum atomic E-state index is 10.7. The summed E-state index contributed by atoms with van der Waals surface area (Å²) in [6.45, 7) is 1.09. The molecule has 34 heavy (non-hydrogen) atoms. The third-order valence-corrected chi connectivity index (χ3v) is 6.20. The van der Waals surface area contributed by atoms with Gasteiger partial charge in [0.1, 0.15) is 0 Å². The van der Waals surface area contributed by atoms with E-state index in [-0.39, 0.29) is 24.5 Å². The average Bonchev–Trinajstić information content (AvgIpc) is 3.28. The van der Waals surface area contributed by atoms with Gasteiger partial charge in [-0.25, -0.2) is 0 Å². The summed E-state index contributed by atoms with van der Waals surface area (Å²) in [4.78, 5) is 15.0. The molecule has 1 unspecified atom stereocenters. The number of allylic oxidation sites excluding steroid dienone is 2. The zero-order chi connectivity index (χ0) is 23.6. The van der Waals surface area contributed by atoms with Crippen molar-refractivity contribution in [1.29, 1.82) is 0 Å². The summed E-state index contributed by atoms with van der Waals surface area (Å²) < 4.78 is 12.5. The van der Waals surface area contributed by atoms with Gasteiger partial charge in [0.25, 0.3) is 0 Å². The number of benzene rings is 2. The van der Waals surface area contributed by atoms with Crippen molar-refractivity contribution >= 4 is 5.97 Å². The van der Waals surface area contributed by atoms with Crippen molar-refractivity contribution in [2.45, 2.75) is 44.5 Å². The van der Waals surface area contributed by atoms with Crippen molar-refractivity contribution in [2.75, 3.05) is 6.61 Å². The summed E-state index contributed by atoms with van der Waals surface area (Å²) in [7, 11) is 0. The number of carbonyl (C=O) groups is 1. The van der Waals surface area contributed by atoms with Gasteiger partial charge in [-0.05, 0) is 47.6 Å². The SMILES string of the molecule is O=C(O)CC/C=C\CC[C@@H]1C(c2cccnc2)OC[C@@H]1OCc1ccc(-c2ccccc2)cc1. The average molecular weight is 458 g/mol. The molecule has 1 aliphatic heterocycles. The van der Waals surface area contributed by atoms with Gasteiger partial charge < -0.3 is 14.6 Å². The van der Waals surface area contributed by atoms with Crippen LogP contribution in [0.5, 0.6) is 0 Å². The second-order valence-electron chi connectivity index (χ2n) is 8.60. The fraction of sp³-hybridized carbons (Fsp3) is 0.310. The van der Waals surface area contributed by atoms with Crippen molar-refractivity contribution in [3.63, 3.8) is 0 Å². The van der Waals surface area contributed by atoms with E-state index >= 15 is 0 Å². The first kappa shape index (κ1) is 23.9. The van der Waals surface area contributed by atoms with E-state index in [1.807, 2.05) is 36.5 Å². The van der Waals surface area contributed by atoms with Crippen LogP contribution in [0, 0.1) is 5.92 Å². The van der Waals surface area contributed by atoms with E-state index in [0.717, 1.165) is 24.0 Å². The molecule has 0 bridgehead atoms. The number of pyridine rings is 1. The molecule has 1 fully saturated rings. The number of aliphatic carboxylic acids is 1. The minimum Gasteiger partial charge on any atom is -0.481 e. The maximum Gasteiger partial charge on any atom is 0.303 e. The quantitative estimate of drug-likeness (QED) is 0.346. The lowest BCUT2D eigenvalue weighted by molar-refractivity contribution is -0.136. The molecule has 1 N–H and O–H groups in total. The van der Waals surface area contributed by atoms with Gasteiger partial charge in [0, 0.05) is 24.7 Å². The Morgan fingerprint density at radius 3 is 2.50 bits per heavy atom. The first-order valence-corrected chi connectivity index (χ1v) is 11.8. The summed E-state index contributed by atoms with van der Waals surface area (Å²) >= 11 is 0. The number of carboxylic acids is 1. The molecule has 176 valence electrons. The highest BCUT2D eigenvalue weighted by molar-refractivity contribution is 5.66. The maximum absolute atomic E-state index is 10.7. The van der Waals surface area contributed by atoms with E-state index in [1.54, 1.807) is 6.20 Å². The molecule has 2 heterocycles. The van der Waals surface area contributed by atoms with Crippen LogP contribution >= 0.6 is 0 Å². The van der Waals surface area contributed by atoms with Crippen LogP contribution in [0.4, 0.5) is 0 Å². The number of hydrogen-bond donors (Lipinski definition) is 1. The first-order chi connectivity index (χ1) is 16.7. The standard InChI is InChI=1S/C29H31NO4/c31-28(32)13-7-2-1-6-12-26-27(21-34-29(26)25-11-8-18-30-19-25)33-20-22-14-16-24(17-15-22)23-9-4-3-5-10-23/h1-5,8-11,14-19,26-27,29H,6-7,12-13,20-21H2,(H,31,32)/b2-1-/t26-,27-,29?/m0/s1. The molecule has 5 nitrogen and oxygen atoms in total. The Hall–Kier alpha value is -3.28. The number of hydrogen-bond acceptors (Lipinski definition) is 4. The molecule has 2 aromatic carbocycles. The fourth-order valence-corrected chi connectivity index (χ4v) is 4.40. The van der Waals surface area contributed by atoms with E-state index in [4.69, 9.17) is 14.6 Å². The summed E-state index contributed by atoms with van der Waals surface area (Å²) in [6.07, 6.45) is 10.1. The lowest BCUT2D eigenvalue weighted by Gasteiger charge is -2.23. The summed E-state index contributed by atoms with van der Waals surface area (Å²) in [5.41, 5.74) is 4.60. The van der Waals surface area contributed by atoms with Crippen LogP contribution in [0.25, 0.3) is 11.1 Å². The van der Waals surface area contributed by atoms with Crippen LogP contribution in [0.3, 0.4) is 0 Å². The van der Waals surface area contributed by atoms with Gasteiger partial charge in [0.15, 0.2) is 0 Å². The molecule has 0 spiro atoms. The Labute approximate surface area is 201 Å². The normalized spacial score (nSPS) is 20.1. The molecule has 0 amide bonds. The fourth-order valence-electron chi connectivity index (χ4n) is 4.40. The van der Waals surface area contributed by atoms with Gasteiger partial charge in [-0.15, -0.1) is 0 Å². The summed E-state index contributed by atoms with van der Waals surface area (Å²) in [5, 5.41) is 8.79. The number of ether oxygens (including phenoxy) is 2. The zero-order valence-corrected chi connectivity index (χ0v) is 19.3. The minimum atomic E-state index is -0.768. The number of carboxylic acid groups (broad SMARTS) is 1. The van der Waals surface area contributed by atoms with Crippen LogP contribution in [-0.4, -0.2) is 28.8 Å². The second kappa shape index (κ2) is 12.3. The van der Waals surface area contributed by atoms with Crippen molar-refractivity contribution in [3.8, 4) is 11.1 Å². The molecule has 1 aromatic heterocycles. The highest BCUT2D eigenvalue weighted by atomic mass is 16.6. The van der Waals surface area contributed by atoms with Crippen LogP contribution < -0.4 is 0 Å². The highest BCUT2D eigenvalue weighted by Crippen LogP contribution is 2.39. The molecule has 3 atom stereocenters. The van der Waals surface area contributed by atoms with E-state index < -0.39 is 5.97 Å². The second-order valence-corrected chi connectivity index (χ2v) is 8.60.